The standard InChI is InChI=1S/C17H18Cl2N2O3S/c1-24-17-5-3-2-4-16(17)20-6-8-21(9-7-20)25(22,23)15-11-13(18)10-14(19)12-15/h2-5,10-12H,6-9H2,1H3. The van der Waals surface area contributed by atoms with Gasteiger partial charge in [0.05, 0.1) is 17.7 Å². The maximum absolute atomic E-state index is 12.8. The number of rotatable bonds is 4. The molecule has 3 rings (SSSR count). The molecule has 1 fully saturated rings. The number of hydrogen-bond acceptors (Lipinski definition) is 4. The minimum Gasteiger partial charge on any atom is -0.495 e. The molecule has 0 radical (unpaired) electrons. The molecule has 25 heavy (non-hydrogen) atoms. The Kier molecular flexibility index (Phi) is 5.43. The van der Waals surface area contributed by atoms with Gasteiger partial charge >= 0.3 is 0 Å². The molecule has 1 aliphatic heterocycles. The van der Waals surface area contributed by atoms with E-state index in [9.17, 15) is 8.42 Å². The molecule has 1 aliphatic rings. The van der Waals surface area contributed by atoms with E-state index in [1.54, 1.807) is 7.11 Å². The van der Waals surface area contributed by atoms with Gasteiger partial charge in [-0.25, -0.2) is 8.42 Å². The van der Waals surface area contributed by atoms with Crippen LogP contribution in [0.2, 0.25) is 10.0 Å². The molecular formula is C17H18Cl2N2O3S. The Morgan fingerprint density at radius 1 is 0.960 bits per heavy atom. The number of piperazine rings is 1. The van der Waals surface area contributed by atoms with E-state index in [4.69, 9.17) is 27.9 Å². The summed E-state index contributed by atoms with van der Waals surface area (Å²) in [5, 5.41) is 0.609. The van der Waals surface area contributed by atoms with E-state index in [0.29, 0.717) is 36.2 Å². The predicted octanol–water partition coefficient (Wildman–Crippen LogP) is 3.51. The van der Waals surface area contributed by atoms with Crippen LogP contribution >= 0.6 is 23.2 Å². The Hall–Kier alpha value is -1.47. The van der Waals surface area contributed by atoms with Crippen LogP contribution < -0.4 is 9.64 Å². The van der Waals surface area contributed by atoms with Crippen molar-refractivity contribution in [3.05, 3.63) is 52.5 Å². The van der Waals surface area contributed by atoms with Crippen LogP contribution in [0.3, 0.4) is 0 Å². The lowest BCUT2D eigenvalue weighted by atomic mass is 10.2. The summed E-state index contributed by atoms with van der Waals surface area (Å²) >= 11 is 11.9. The largest absolute Gasteiger partial charge is 0.495 e. The molecule has 5 nitrogen and oxygen atoms in total. The van der Waals surface area contributed by atoms with Crippen LogP contribution in [0.1, 0.15) is 0 Å². The summed E-state index contributed by atoms with van der Waals surface area (Å²) in [7, 11) is -1.99. The molecule has 0 bridgehead atoms. The Morgan fingerprint density at radius 2 is 1.56 bits per heavy atom. The topological polar surface area (TPSA) is 49.9 Å². The summed E-state index contributed by atoms with van der Waals surface area (Å²) in [6, 6.07) is 12.1. The first-order chi connectivity index (χ1) is 11.9. The third-order valence-electron chi connectivity index (χ3n) is 4.14. The summed E-state index contributed by atoms with van der Waals surface area (Å²) in [5.74, 6) is 0.778. The van der Waals surface area contributed by atoms with Crippen LogP contribution in [0.5, 0.6) is 5.75 Å². The summed E-state index contributed by atoms with van der Waals surface area (Å²) in [6.07, 6.45) is 0. The lowest BCUT2D eigenvalue weighted by Crippen LogP contribution is -2.48. The molecule has 0 aliphatic carbocycles. The van der Waals surface area contributed by atoms with E-state index in [0.717, 1.165) is 11.4 Å². The van der Waals surface area contributed by atoms with E-state index in [2.05, 4.69) is 4.90 Å². The first kappa shape index (κ1) is 18.3. The zero-order chi connectivity index (χ0) is 18.0. The van der Waals surface area contributed by atoms with E-state index >= 15 is 0 Å². The number of benzene rings is 2. The van der Waals surface area contributed by atoms with Crippen molar-refractivity contribution in [1.82, 2.24) is 4.31 Å². The number of methoxy groups -OCH3 is 1. The molecule has 0 atom stereocenters. The average Bonchev–Trinajstić information content (AvgIpc) is 2.61. The summed E-state index contributed by atoms with van der Waals surface area (Å²) in [4.78, 5) is 2.24. The molecular weight excluding hydrogens is 383 g/mol. The summed E-state index contributed by atoms with van der Waals surface area (Å²) in [5.41, 5.74) is 0.966. The third kappa shape index (κ3) is 3.87. The Bertz CT molecular complexity index is 846. The molecule has 2 aromatic carbocycles. The van der Waals surface area contributed by atoms with Crippen LogP contribution in [-0.2, 0) is 10.0 Å². The summed E-state index contributed by atoms with van der Waals surface area (Å²) in [6.45, 7) is 1.91. The molecule has 0 aromatic heterocycles. The second-order valence-corrected chi connectivity index (χ2v) is 8.48. The highest BCUT2D eigenvalue weighted by molar-refractivity contribution is 7.89. The van der Waals surface area contributed by atoms with Crippen LogP contribution in [0, 0.1) is 0 Å². The van der Waals surface area contributed by atoms with Crippen molar-refractivity contribution in [2.45, 2.75) is 4.90 Å². The second kappa shape index (κ2) is 7.41. The van der Waals surface area contributed by atoms with Gasteiger partial charge < -0.3 is 9.64 Å². The Balaban J connectivity index is 1.77. The highest BCUT2D eigenvalue weighted by Gasteiger charge is 2.29. The van der Waals surface area contributed by atoms with Gasteiger partial charge in [-0.3, -0.25) is 0 Å². The van der Waals surface area contributed by atoms with Gasteiger partial charge in [-0.1, -0.05) is 35.3 Å². The number of nitrogens with zero attached hydrogens (tertiary/aromatic N) is 2. The Labute approximate surface area is 157 Å². The van der Waals surface area contributed by atoms with Crippen molar-refractivity contribution in [2.24, 2.45) is 0 Å². The number of sulfonamides is 1. The van der Waals surface area contributed by atoms with E-state index in [1.165, 1.54) is 22.5 Å². The maximum Gasteiger partial charge on any atom is 0.243 e. The molecule has 1 heterocycles. The molecule has 0 spiro atoms. The van der Waals surface area contributed by atoms with Crippen molar-refractivity contribution in [1.29, 1.82) is 0 Å². The van der Waals surface area contributed by atoms with Crippen LogP contribution in [0.15, 0.2) is 47.4 Å². The van der Waals surface area contributed by atoms with Gasteiger partial charge in [0.15, 0.2) is 0 Å². The number of hydrogen-bond donors (Lipinski definition) is 0. The highest BCUT2D eigenvalue weighted by Crippen LogP contribution is 2.30. The molecule has 0 amide bonds. The fourth-order valence-electron chi connectivity index (χ4n) is 2.89. The van der Waals surface area contributed by atoms with Crippen molar-refractivity contribution >= 4 is 38.9 Å². The van der Waals surface area contributed by atoms with Crippen molar-refractivity contribution in [3.8, 4) is 5.75 Å². The third-order valence-corrected chi connectivity index (χ3v) is 6.45. The van der Waals surface area contributed by atoms with Gasteiger partial charge in [-0.05, 0) is 30.3 Å². The van der Waals surface area contributed by atoms with Crippen molar-refractivity contribution in [2.75, 3.05) is 38.2 Å². The number of para-hydroxylation sites is 2. The van der Waals surface area contributed by atoms with E-state index in [1.807, 2.05) is 24.3 Å². The van der Waals surface area contributed by atoms with Gasteiger partial charge in [-0.2, -0.15) is 4.31 Å². The van der Waals surface area contributed by atoms with Gasteiger partial charge in [0.1, 0.15) is 5.75 Å². The fraction of sp³-hybridized carbons (Fsp3) is 0.294. The molecule has 0 unspecified atom stereocenters. The average molecular weight is 401 g/mol. The van der Waals surface area contributed by atoms with Gasteiger partial charge in [0, 0.05) is 36.2 Å². The minimum atomic E-state index is -3.62. The lowest BCUT2D eigenvalue weighted by Gasteiger charge is -2.36. The number of anilines is 1. The maximum atomic E-state index is 12.8. The second-order valence-electron chi connectivity index (χ2n) is 5.67. The van der Waals surface area contributed by atoms with Crippen LogP contribution in [-0.4, -0.2) is 46.0 Å². The molecule has 0 saturated carbocycles. The molecule has 0 N–H and O–H groups in total. The van der Waals surface area contributed by atoms with E-state index in [-0.39, 0.29) is 4.90 Å². The normalized spacial score (nSPS) is 16.0. The van der Waals surface area contributed by atoms with Crippen molar-refractivity contribution in [3.63, 3.8) is 0 Å². The molecule has 1 saturated heterocycles. The van der Waals surface area contributed by atoms with Gasteiger partial charge in [-0.15, -0.1) is 0 Å². The fourth-order valence-corrected chi connectivity index (χ4v) is 5.04. The monoisotopic (exact) mass is 400 g/mol. The molecule has 2 aromatic rings. The number of ether oxygens (including phenoxy) is 1. The molecule has 8 heteroatoms. The van der Waals surface area contributed by atoms with Crippen LogP contribution in [0.4, 0.5) is 5.69 Å². The first-order valence-corrected chi connectivity index (χ1v) is 9.95. The van der Waals surface area contributed by atoms with Crippen LogP contribution in [0.25, 0.3) is 0 Å². The minimum absolute atomic E-state index is 0.121. The quantitative estimate of drug-likeness (QED) is 0.787. The van der Waals surface area contributed by atoms with E-state index < -0.39 is 10.0 Å². The Morgan fingerprint density at radius 3 is 2.16 bits per heavy atom. The number of halogens is 2. The zero-order valence-electron chi connectivity index (χ0n) is 13.7. The summed E-state index contributed by atoms with van der Waals surface area (Å²) < 4.78 is 32.5. The first-order valence-electron chi connectivity index (χ1n) is 7.76. The highest BCUT2D eigenvalue weighted by atomic mass is 35.5. The lowest BCUT2D eigenvalue weighted by molar-refractivity contribution is 0.378. The van der Waals surface area contributed by atoms with Gasteiger partial charge in [0.25, 0.3) is 0 Å². The smallest absolute Gasteiger partial charge is 0.243 e. The SMILES string of the molecule is COc1ccccc1N1CCN(S(=O)(=O)c2cc(Cl)cc(Cl)c2)CC1. The predicted molar refractivity (Wildman–Crippen MR) is 100 cm³/mol. The van der Waals surface area contributed by atoms with Crippen molar-refractivity contribution < 1.29 is 13.2 Å². The zero-order valence-corrected chi connectivity index (χ0v) is 16.0. The molecule has 134 valence electrons. The van der Waals surface area contributed by atoms with Gasteiger partial charge in [0.2, 0.25) is 10.0 Å².